The molecule has 2 amide bonds. The average Bonchev–Trinajstić information content (AvgIpc) is 3.12. The number of benzene rings is 1. The number of fused-ring (bicyclic) bond motifs is 1. The van der Waals surface area contributed by atoms with Gasteiger partial charge in [-0.2, -0.15) is 0 Å². The predicted octanol–water partition coefficient (Wildman–Crippen LogP) is 3.64. The number of carbonyl (C=O) groups is 2. The van der Waals surface area contributed by atoms with Gasteiger partial charge in [0.25, 0.3) is 11.8 Å². The maximum atomic E-state index is 13.1. The number of alkyl halides is 1. The fraction of sp³-hybridized carbons (Fsp3) is 0.500. The molecule has 1 aliphatic carbocycles. The van der Waals surface area contributed by atoms with Gasteiger partial charge in [-0.3, -0.25) is 19.8 Å². The Hall–Kier alpha value is -1.92. The molecule has 5 nitrogen and oxygen atoms in total. The predicted molar refractivity (Wildman–Crippen MR) is 120 cm³/mol. The molecule has 0 bridgehead atoms. The maximum absolute atomic E-state index is 13.1. The molecule has 0 radical (unpaired) electrons. The van der Waals surface area contributed by atoms with Gasteiger partial charge < -0.3 is 4.90 Å². The molecule has 1 saturated heterocycles. The molecule has 1 aromatic carbocycles. The monoisotopic (exact) mass is 431 g/mol. The highest BCUT2D eigenvalue weighted by molar-refractivity contribution is 7.80. The van der Waals surface area contributed by atoms with Crippen molar-refractivity contribution in [2.24, 2.45) is 0 Å². The summed E-state index contributed by atoms with van der Waals surface area (Å²) in [7, 11) is 0. The third kappa shape index (κ3) is 4.19. The highest BCUT2D eigenvalue weighted by Crippen LogP contribution is 2.31. The van der Waals surface area contributed by atoms with Crippen LogP contribution in [0, 0.1) is 0 Å². The number of nitrogens with zero attached hydrogens (tertiary/aromatic N) is 2. The van der Waals surface area contributed by atoms with E-state index >= 15 is 0 Å². The topological polar surface area (TPSA) is 52.7 Å². The van der Waals surface area contributed by atoms with Gasteiger partial charge in [-0.15, -0.1) is 11.6 Å². The molecule has 1 saturated carbocycles. The second kappa shape index (κ2) is 8.84. The van der Waals surface area contributed by atoms with Crippen molar-refractivity contribution in [2.45, 2.75) is 51.0 Å². The third-order valence-electron chi connectivity index (χ3n) is 6.04. The Morgan fingerprint density at radius 2 is 2.00 bits per heavy atom. The summed E-state index contributed by atoms with van der Waals surface area (Å²) in [5.41, 5.74) is 3.51. The fourth-order valence-corrected chi connectivity index (χ4v) is 5.02. The van der Waals surface area contributed by atoms with Crippen LogP contribution in [-0.4, -0.2) is 46.8 Å². The molecular formula is C22H26ClN3O2S. The van der Waals surface area contributed by atoms with E-state index in [0.717, 1.165) is 57.2 Å². The number of anilines is 1. The first-order valence-corrected chi connectivity index (χ1v) is 11.4. The Balaban J connectivity index is 1.57. The fourth-order valence-electron chi connectivity index (χ4n) is 4.57. The van der Waals surface area contributed by atoms with Crippen LogP contribution in [0.1, 0.15) is 49.7 Å². The number of thiocarbonyl (C=S) groups is 1. The van der Waals surface area contributed by atoms with E-state index < -0.39 is 5.91 Å². The van der Waals surface area contributed by atoms with E-state index in [-0.39, 0.29) is 22.6 Å². The molecule has 1 N–H and O–H groups in total. The first-order chi connectivity index (χ1) is 14.1. The number of hydrogen-bond acceptors (Lipinski definition) is 4. The summed E-state index contributed by atoms with van der Waals surface area (Å²) in [5.74, 6) is -0.0155. The summed E-state index contributed by atoms with van der Waals surface area (Å²) in [6.45, 7) is 1.93. The number of nitrogens with one attached hydrogen (secondary N) is 1. The number of rotatable bonds is 5. The van der Waals surface area contributed by atoms with Crippen molar-refractivity contribution in [2.75, 3.05) is 23.9 Å². The van der Waals surface area contributed by atoms with Crippen molar-refractivity contribution in [3.8, 4) is 0 Å². The number of halogens is 1. The van der Waals surface area contributed by atoms with Gasteiger partial charge in [0.2, 0.25) is 0 Å². The molecule has 1 aromatic rings. The van der Waals surface area contributed by atoms with E-state index in [4.69, 9.17) is 23.8 Å². The Morgan fingerprint density at radius 3 is 2.76 bits per heavy atom. The van der Waals surface area contributed by atoms with E-state index in [2.05, 4.69) is 22.3 Å². The molecule has 29 heavy (non-hydrogen) atoms. The Labute approximate surface area is 182 Å². The minimum atomic E-state index is -0.406. The van der Waals surface area contributed by atoms with Gasteiger partial charge in [-0.1, -0.05) is 25.3 Å². The Morgan fingerprint density at radius 1 is 1.21 bits per heavy atom. The zero-order chi connectivity index (χ0) is 20.4. The second-order valence-electron chi connectivity index (χ2n) is 7.95. The molecule has 2 fully saturated rings. The molecule has 0 atom stereocenters. The highest BCUT2D eigenvalue weighted by atomic mass is 35.5. The zero-order valence-corrected chi connectivity index (χ0v) is 18.0. The molecule has 3 aliphatic rings. The van der Waals surface area contributed by atoms with Crippen LogP contribution in [0.15, 0.2) is 23.8 Å². The minimum Gasteiger partial charge on any atom is -0.371 e. The van der Waals surface area contributed by atoms with Crippen molar-refractivity contribution >= 4 is 52.5 Å². The quantitative estimate of drug-likeness (QED) is 0.335. The summed E-state index contributed by atoms with van der Waals surface area (Å²) in [5, 5.41) is 2.96. The molecule has 2 heterocycles. The molecule has 7 heteroatoms. The van der Waals surface area contributed by atoms with Crippen LogP contribution in [-0.2, 0) is 16.0 Å². The van der Waals surface area contributed by atoms with E-state index in [9.17, 15) is 9.59 Å². The summed E-state index contributed by atoms with van der Waals surface area (Å²) < 4.78 is 0. The second-order valence-corrected chi connectivity index (χ2v) is 8.72. The molecule has 0 unspecified atom stereocenters. The van der Waals surface area contributed by atoms with E-state index in [0.29, 0.717) is 5.88 Å². The van der Waals surface area contributed by atoms with Crippen LogP contribution in [0.4, 0.5) is 5.69 Å². The minimum absolute atomic E-state index is 0.0864. The molecular weight excluding hydrogens is 406 g/mol. The summed E-state index contributed by atoms with van der Waals surface area (Å²) in [6, 6.07) is 6.23. The lowest BCUT2D eigenvalue weighted by Gasteiger charge is -2.37. The normalized spacial score (nSPS) is 21.7. The standard InChI is InChI=1S/C22H26ClN3O2S/c23-10-4-11-25-12-9-16-13-15(7-8-19(16)25)14-18-20(27)24-22(29)26(21(18)28)17-5-2-1-3-6-17/h7-8,13-14,17H,1-6,9-12H2,(H,24,27,29). The van der Waals surface area contributed by atoms with Crippen molar-refractivity contribution in [3.63, 3.8) is 0 Å². The molecule has 0 spiro atoms. The third-order valence-corrected chi connectivity index (χ3v) is 6.61. The van der Waals surface area contributed by atoms with Crippen LogP contribution in [0.25, 0.3) is 6.08 Å². The summed E-state index contributed by atoms with van der Waals surface area (Å²) in [6.07, 6.45) is 8.88. The average molecular weight is 432 g/mol. The van der Waals surface area contributed by atoms with Crippen molar-refractivity contribution in [3.05, 3.63) is 34.9 Å². The number of carbonyl (C=O) groups excluding carboxylic acids is 2. The van der Waals surface area contributed by atoms with Gasteiger partial charge in [0, 0.05) is 30.7 Å². The molecule has 4 rings (SSSR count). The SMILES string of the molecule is O=C1NC(=S)N(C2CCCCC2)C(=O)C1=Cc1ccc2c(c1)CCN2CCCCl. The Bertz CT molecular complexity index is 864. The summed E-state index contributed by atoms with van der Waals surface area (Å²) in [4.78, 5) is 29.6. The van der Waals surface area contributed by atoms with E-state index in [1.54, 1.807) is 11.0 Å². The van der Waals surface area contributed by atoms with E-state index in [1.165, 1.54) is 17.7 Å². The van der Waals surface area contributed by atoms with Crippen LogP contribution in [0.5, 0.6) is 0 Å². The highest BCUT2D eigenvalue weighted by Gasteiger charge is 2.38. The van der Waals surface area contributed by atoms with Crippen LogP contribution in [0.2, 0.25) is 0 Å². The maximum Gasteiger partial charge on any atom is 0.265 e. The first kappa shape index (κ1) is 20.4. The van der Waals surface area contributed by atoms with Gasteiger partial charge in [-0.25, -0.2) is 0 Å². The van der Waals surface area contributed by atoms with Crippen LogP contribution in [0.3, 0.4) is 0 Å². The Kier molecular flexibility index (Phi) is 6.20. The lowest BCUT2D eigenvalue weighted by Crippen LogP contribution is -2.57. The van der Waals surface area contributed by atoms with Crippen molar-refractivity contribution < 1.29 is 9.59 Å². The smallest absolute Gasteiger partial charge is 0.265 e. The lowest BCUT2D eigenvalue weighted by atomic mass is 9.93. The van der Waals surface area contributed by atoms with Crippen molar-refractivity contribution in [1.82, 2.24) is 10.2 Å². The number of amides is 2. The lowest BCUT2D eigenvalue weighted by molar-refractivity contribution is -0.130. The van der Waals surface area contributed by atoms with Gasteiger partial charge in [-0.05, 0) is 67.2 Å². The van der Waals surface area contributed by atoms with Crippen molar-refractivity contribution in [1.29, 1.82) is 0 Å². The van der Waals surface area contributed by atoms with E-state index in [1.807, 2.05) is 6.07 Å². The van der Waals surface area contributed by atoms with Crippen LogP contribution >= 0.6 is 23.8 Å². The zero-order valence-electron chi connectivity index (χ0n) is 16.5. The van der Waals surface area contributed by atoms with Crippen LogP contribution < -0.4 is 10.2 Å². The molecule has 154 valence electrons. The molecule has 2 aliphatic heterocycles. The van der Waals surface area contributed by atoms with Gasteiger partial charge >= 0.3 is 0 Å². The first-order valence-electron chi connectivity index (χ1n) is 10.4. The van der Waals surface area contributed by atoms with Gasteiger partial charge in [0.05, 0.1) is 0 Å². The largest absolute Gasteiger partial charge is 0.371 e. The van der Waals surface area contributed by atoms with Gasteiger partial charge in [0.1, 0.15) is 5.57 Å². The number of hydrogen-bond donors (Lipinski definition) is 1. The van der Waals surface area contributed by atoms with Gasteiger partial charge in [0.15, 0.2) is 5.11 Å². The summed E-state index contributed by atoms with van der Waals surface area (Å²) >= 11 is 11.2. The molecule has 0 aromatic heterocycles.